The highest BCUT2D eigenvalue weighted by molar-refractivity contribution is 9.10. The summed E-state index contributed by atoms with van der Waals surface area (Å²) in [6, 6.07) is 14.7. The molecule has 0 spiro atoms. The van der Waals surface area contributed by atoms with Crippen molar-refractivity contribution in [3.05, 3.63) is 92.1 Å². The second kappa shape index (κ2) is 16.2. The van der Waals surface area contributed by atoms with Crippen LogP contribution in [0.4, 0.5) is 4.79 Å². The molecule has 0 fully saturated rings. The van der Waals surface area contributed by atoms with Gasteiger partial charge in [-0.25, -0.2) is 9.59 Å². The molecular weight excluding hydrogens is 684 g/mol. The molecule has 3 aromatic rings. The fourth-order valence-electron chi connectivity index (χ4n) is 4.48. The Morgan fingerprint density at radius 3 is 2.50 bits per heavy atom. The maximum Gasteiger partial charge on any atom is 0.337 e. The summed E-state index contributed by atoms with van der Waals surface area (Å²) in [6.07, 6.45) is 0.342. The summed E-state index contributed by atoms with van der Waals surface area (Å²) >= 11 is 9.48. The van der Waals surface area contributed by atoms with Crippen LogP contribution in [0.2, 0.25) is 5.02 Å². The number of allylic oxidation sites excluding steroid dienone is 1. The second-order valence-corrected chi connectivity index (χ2v) is 11.1. The first-order valence-electron chi connectivity index (χ1n) is 14.1. The Kier molecular flexibility index (Phi) is 12.1. The largest absolute Gasteiger partial charge is 0.493 e. The van der Waals surface area contributed by atoms with Gasteiger partial charge in [0.2, 0.25) is 0 Å². The Morgan fingerprint density at radius 1 is 1.07 bits per heavy atom. The molecule has 1 aliphatic rings. The van der Waals surface area contributed by atoms with Crippen LogP contribution in [-0.2, 0) is 16.1 Å². The van der Waals surface area contributed by atoms with Gasteiger partial charge in [-0.3, -0.25) is 5.43 Å². The smallest absolute Gasteiger partial charge is 0.337 e. The van der Waals surface area contributed by atoms with Crippen molar-refractivity contribution in [1.29, 1.82) is 0 Å². The number of amides is 2. The van der Waals surface area contributed by atoms with Crippen molar-refractivity contribution in [2.75, 3.05) is 27.4 Å². The van der Waals surface area contributed by atoms with Crippen molar-refractivity contribution in [3.8, 4) is 23.0 Å². The average Bonchev–Trinajstić information content (AvgIpc) is 3.04. The minimum absolute atomic E-state index is 0.171. The monoisotopic (exact) mass is 716 g/mol. The third kappa shape index (κ3) is 8.83. The van der Waals surface area contributed by atoms with E-state index in [1.165, 1.54) is 13.3 Å². The quantitative estimate of drug-likeness (QED) is 0.0764. The fourth-order valence-corrected chi connectivity index (χ4v) is 5.03. The number of hydrazone groups is 1. The van der Waals surface area contributed by atoms with E-state index in [9.17, 15) is 14.7 Å². The number of ether oxygens (including phenoxy) is 5. The number of aliphatic hydroxyl groups is 1. The normalized spacial score (nSPS) is 15.1. The Bertz CT molecular complexity index is 1620. The number of benzene rings is 3. The van der Waals surface area contributed by atoms with Crippen LogP contribution in [0.1, 0.15) is 36.6 Å². The molecule has 0 saturated heterocycles. The van der Waals surface area contributed by atoms with E-state index < -0.39 is 24.3 Å². The van der Waals surface area contributed by atoms with Gasteiger partial charge in [0.05, 0.1) is 38.7 Å². The number of nitrogens with zero attached hydrogens (tertiary/aromatic N) is 1. The van der Waals surface area contributed by atoms with Crippen LogP contribution in [0.3, 0.4) is 0 Å². The topological polar surface area (TPSA) is 149 Å². The predicted octanol–water partition coefficient (Wildman–Crippen LogP) is 5.21. The SMILES string of the molecule is CCOc1cc([C@@H]2NC(=O)NC(C)=C2C(=O)OC)ccc1OC[C@@H](O)N/N=C\c1cc(OC)c(OCc2ccc(Cl)cc2)cc1Br. The predicted molar refractivity (Wildman–Crippen MR) is 175 cm³/mol. The molecule has 0 aliphatic carbocycles. The number of esters is 1. The maximum atomic E-state index is 12.5. The molecule has 3 aromatic carbocycles. The molecule has 1 aliphatic heterocycles. The molecule has 0 radical (unpaired) electrons. The van der Waals surface area contributed by atoms with E-state index in [-0.39, 0.29) is 12.2 Å². The number of nitrogens with one attached hydrogen (secondary N) is 3. The highest BCUT2D eigenvalue weighted by Gasteiger charge is 2.32. The van der Waals surface area contributed by atoms with E-state index in [1.54, 1.807) is 56.5 Å². The van der Waals surface area contributed by atoms with Gasteiger partial charge < -0.3 is 39.4 Å². The van der Waals surface area contributed by atoms with Gasteiger partial charge in [0.15, 0.2) is 29.2 Å². The lowest BCUT2D eigenvalue weighted by molar-refractivity contribution is -0.136. The number of rotatable bonds is 14. The molecule has 0 unspecified atom stereocenters. The number of urea groups is 1. The minimum atomic E-state index is -1.17. The number of hydrogen-bond donors (Lipinski definition) is 4. The zero-order chi connectivity index (χ0) is 33.2. The molecule has 244 valence electrons. The summed E-state index contributed by atoms with van der Waals surface area (Å²) in [7, 11) is 2.81. The molecule has 0 saturated carbocycles. The third-order valence-electron chi connectivity index (χ3n) is 6.69. The highest BCUT2D eigenvalue weighted by Crippen LogP contribution is 2.35. The van der Waals surface area contributed by atoms with Gasteiger partial charge in [-0.2, -0.15) is 5.10 Å². The first kappa shape index (κ1) is 34.4. The first-order chi connectivity index (χ1) is 22.1. The van der Waals surface area contributed by atoms with Crippen LogP contribution in [0, 0.1) is 0 Å². The molecule has 12 nitrogen and oxygen atoms in total. The lowest BCUT2D eigenvalue weighted by Gasteiger charge is -2.28. The van der Waals surface area contributed by atoms with E-state index in [1.807, 2.05) is 19.1 Å². The number of carbonyl (C=O) groups is 2. The van der Waals surface area contributed by atoms with Gasteiger partial charge >= 0.3 is 12.0 Å². The van der Waals surface area contributed by atoms with Crippen molar-refractivity contribution < 1.29 is 38.4 Å². The van der Waals surface area contributed by atoms with Crippen molar-refractivity contribution in [1.82, 2.24) is 16.1 Å². The van der Waals surface area contributed by atoms with Gasteiger partial charge in [0.25, 0.3) is 0 Å². The Labute approximate surface area is 279 Å². The molecule has 46 heavy (non-hydrogen) atoms. The summed E-state index contributed by atoms with van der Waals surface area (Å²) in [5.74, 6) is 1.17. The van der Waals surface area contributed by atoms with E-state index in [2.05, 4.69) is 37.1 Å². The van der Waals surface area contributed by atoms with E-state index in [0.29, 0.717) is 62.5 Å². The molecule has 0 aromatic heterocycles. The van der Waals surface area contributed by atoms with Crippen LogP contribution in [0.25, 0.3) is 0 Å². The molecule has 14 heteroatoms. The molecule has 4 N–H and O–H groups in total. The second-order valence-electron chi connectivity index (χ2n) is 9.85. The molecule has 2 atom stereocenters. The van der Waals surface area contributed by atoms with Crippen molar-refractivity contribution in [2.24, 2.45) is 5.10 Å². The Hall–Kier alpha value is -4.46. The number of hydrogen-bond acceptors (Lipinski definition) is 10. The molecular formula is C32H34BrClN4O8. The fraction of sp³-hybridized carbons (Fsp3) is 0.281. The Morgan fingerprint density at radius 2 is 1.80 bits per heavy atom. The van der Waals surface area contributed by atoms with E-state index in [0.717, 1.165) is 5.56 Å². The Balaban J connectivity index is 1.39. The van der Waals surface area contributed by atoms with E-state index in [4.69, 9.17) is 35.3 Å². The van der Waals surface area contributed by atoms with Gasteiger partial charge in [0, 0.05) is 20.8 Å². The van der Waals surface area contributed by atoms with Crippen molar-refractivity contribution in [2.45, 2.75) is 32.7 Å². The number of halogens is 2. The van der Waals surface area contributed by atoms with Gasteiger partial charge in [-0.1, -0.05) is 29.8 Å². The molecule has 0 bridgehead atoms. The van der Waals surface area contributed by atoms with Gasteiger partial charge in [-0.15, -0.1) is 0 Å². The minimum Gasteiger partial charge on any atom is -0.493 e. The number of carbonyl (C=O) groups excluding carboxylic acids is 2. The highest BCUT2D eigenvalue weighted by atomic mass is 79.9. The molecule has 2 amide bonds. The van der Waals surface area contributed by atoms with Gasteiger partial charge in [0.1, 0.15) is 13.2 Å². The lowest BCUT2D eigenvalue weighted by atomic mass is 9.95. The van der Waals surface area contributed by atoms with Crippen LogP contribution >= 0.6 is 27.5 Å². The average molecular weight is 718 g/mol. The third-order valence-corrected chi connectivity index (χ3v) is 7.63. The van der Waals surface area contributed by atoms with Crippen LogP contribution < -0.4 is 35.0 Å². The molecule has 4 rings (SSSR count). The number of methoxy groups -OCH3 is 2. The van der Waals surface area contributed by atoms with Crippen LogP contribution in [0.15, 0.2) is 75.4 Å². The van der Waals surface area contributed by atoms with Crippen LogP contribution in [-0.4, -0.2) is 57.0 Å². The van der Waals surface area contributed by atoms with Crippen molar-refractivity contribution in [3.63, 3.8) is 0 Å². The van der Waals surface area contributed by atoms with Gasteiger partial charge in [-0.05, 0) is 77.3 Å². The maximum absolute atomic E-state index is 12.5. The van der Waals surface area contributed by atoms with Crippen LogP contribution in [0.5, 0.6) is 23.0 Å². The summed E-state index contributed by atoms with van der Waals surface area (Å²) in [5, 5.41) is 20.6. The summed E-state index contributed by atoms with van der Waals surface area (Å²) in [4.78, 5) is 24.6. The summed E-state index contributed by atoms with van der Waals surface area (Å²) in [6.45, 7) is 3.91. The standard InChI is InChI=1S/C32H34BrClN4O8/c1-5-44-26-12-20(30-29(31(40)43-4)18(2)36-32(41)37-30)8-11-24(26)46-17-28(39)38-35-15-21-13-25(42-3)27(14-23(21)33)45-16-19-6-9-22(34)10-7-19/h6-15,28,30,38-39H,5,16-17H2,1-4H3,(H2,36,37,41)/b35-15-/t28-,30+/m1/s1. The van der Waals surface area contributed by atoms with Crippen molar-refractivity contribution >= 4 is 45.7 Å². The summed E-state index contributed by atoms with van der Waals surface area (Å²) in [5.41, 5.74) is 5.48. The molecule has 1 heterocycles. The zero-order valence-corrected chi connectivity index (χ0v) is 27.9. The number of aliphatic hydroxyl groups excluding tert-OH is 1. The zero-order valence-electron chi connectivity index (χ0n) is 25.6. The summed E-state index contributed by atoms with van der Waals surface area (Å²) < 4.78 is 28.6. The van der Waals surface area contributed by atoms with E-state index >= 15 is 0 Å². The lowest BCUT2D eigenvalue weighted by Crippen LogP contribution is -2.45. The first-order valence-corrected chi connectivity index (χ1v) is 15.3.